The summed E-state index contributed by atoms with van der Waals surface area (Å²) in [6.45, 7) is 7.95. The number of aryl methyl sites for hydroxylation is 3. The molecule has 2 saturated heterocycles. The summed E-state index contributed by atoms with van der Waals surface area (Å²) in [4.78, 5) is 41.5. The zero-order chi connectivity index (χ0) is 22.0. The first-order chi connectivity index (χ1) is 14.9. The number of anilines is 2. The van der Waals surface area contributed by atoms with Gasteiger partial charge in [0.15, 0.2) is 0 Å². The van der Waals surface area contributed by atoms with Crippen molar-refractivity contribution in [3.8, 4) is 0 Å². The van der Waals surface area contributed by atoms with Crippen LogP contribution in [0.4, 0.5) is 11.6 Å². The molecule has 1 atom stereocenters. The third kappa shape index (κ3) is 5.16. The zero-order valence-electron chi connectivity index (χ0n) is 18.2. The fourth-order valence-corrected chi connectivity index (χ4v) is 4.03. The summed E-state index contributed by atoms with van der Waals surface area (Å²) >= 11 is 0. The van der Waals surface area contributed by atoms with E-state index in [1.165, 1.54) is 0 Å². The lowest BCUT2D eigenvalue weighted by atomic mass is 10.1. The van der Waals surface area contributed by atoms with Crippen molar-refractivity contribution in [1.82, 2.24) is 24.8 Å². The number of hydrogen-bond acceptors (Lipinski definition) is 7. The molecule has 9 nitrogen and oxygen atoms in total. The second kappa shape index (κ2) is 8.97. The minimum atomic E-state index is -0.326. The Morgan fingerprint density at radius 1 is 1.10 bits per heavy atom. The SMILES string of the molecule is Cc1cc(Nc2nc(C)cc(C)n2)cc(C2CN(C(=O)CN3CCCC3=O)CCO2)n1. The van der Waals surface area contributed by atoms with Crippen LogP contribution >= 0.6 is 0 Å². The van der Waals surface area contributed by atoms with Crippen molar-refractivity contribution in [1.29, 1.82) is 0 Å². The quantitative estimate of drug-likeness (QED) is 0.784. The lowest BCUT2D eigenvalue weighted by molar-refractivity contribution is -0.143. The number of amides is 2. The Morgan fingerprint density at radius 3 is 2.55 bits per heavy atom. The second-order valence-corrected chi connectivity index (χ2v) is 8.14. The van der Waals surface area contributed by atoms with Gasteiger partial charge in [-0.1, -0.05) is 0 Å². The average molecular weight is 425 g/mol. The highest BCUT2D eigenvalue weighted by molar-refractivity contribution is 5.86. The van der Waals surface area contributed by atoms with Gasteiger partial charge in [-0.3, -0.25) is 14.6 Å². The molecule has 1 unspecified atom stereocenters. The van der Waals surface area contributed by atoms with Crippen LogP contribution in [0.15, 0.2) is 18.2 Å². The number of nitrogens with one attached hydrogen (secondary N) is 1. The minimum absolute atomic E-state index is 0.0433. The van der Waals surface area contributed by atoms with Gasteiger partial charge in [-0.25, -0.2) is 9.97 Å². The van der Waals surface area contributed by atoms with Gasteiger partial charge in [-0.15, -0.1) is 0 Å². The van der Waals surface area contributed by atoms with Crippen molar-refractivity contribution in [3.63, 3.8) is 0 Å². The molecule has 9 heteroatoms. The van der Waals surface area contributed by atoms with E-state index in [2.05, 4.69) is 20.3 Å². The zero-order valence-corrected chi connectivity index (χ0v) is 18.2. The van der Waals surface area contributed by atoms with Crippen LogP contribution in [0.2, 0.25) is 0 Å². The molecule has 2 aliphatic heterocycles. The molecule has 0 spiro atoms. The molecule has 2 aromatic rings. The molecule has 164 valence electrons. The molecule has 0 bridgehead atoms. The molecule has 31 heavy (non-hydrogen) atoms. The highest BCUT2D eigenvalue weighted by Gasteiger charge is 2.30. The van der Waals surface area contributed by atoms with Crippen LogP contribution in [-0.4, -0.2) is 69.4 Å². The number of likely N-dealkylation sites (tertiary alicyclic amines) is 1. The number of nitrogens with zero attached hydrogens (tertiary/aromatic N) is 5. The Hall–Kier alpha value is -3.07. The first-order valence-electron chi connectivity index (χ1n) is 10.6. The summed E-state index contributed by atoms with van der Waals surface area (Å²) in [5.41, 5.74) is 4.19. The number of hydrogen-bond donors (Lipinski definition) is 1. The monoisotopic (exact) mass is 424 g/mol. The summed E-state index contributed by atoms with van der Waals surface area (Å²) in [5.74, 6) is 0.548. The fraction of sp³-hybridized carbons (Fsp3) is 0.500. The summed E-state index contributed by atoms with van der Waals surface area (Å²) in [6, 6.07) is 5.76. The summed E-state index contributed by atoms with van der Waals surface area (Å²) < 4.78 is 5.94. The van der Waals surface area contributed by atoms with Gasteiger partial charge in [-0.05, 0) is 45.4 Å². The predicted octanol–water partition coefficient (Wildman–Crippen LogP) is 2.06. The normalized spacial score (nSPS) is 19.1. The number of carbonyl (C=O) groups is 2. The van der Waals surface area contributed by atoms with Crippen molar-refractivity contribution in [3.05, 3.63) is 41.0 Å². The van der Waals surface area contributed by atoms with Crippen molar-refractivity contribution in [2.45, 2.75) is 39.7 Å². The lowest BCUT2D eigenvalue weighted by Crippen LogP contribution is -2.47. The van der Waals surface area contributed by atoms with Crippen molar-refractivity contribution < 1.29 is 14.3 Å². The Labute approximate surface area is 181 Å². The van der Waals surface area contributed by atoms with Crippen LogP contribution < -0.4 is 5.32 Å². The van der Waals surface area contributed by atoms with Gasteiger partial charge in [0.1, 0.15) is 6.10 Å². The third-order valence-corrected chi connectivity index (χ3v) is 5.46. The summed E-state index contributed by atoms with van der Waals surface area (Å²) in [6.07, 6.45) is 1.03. The smallest absolute Gasteiger partial charge is 0.242 e. The van der Waals surface area contributed by atoms with Gasteiger partial charge in [0.05, 0.1) is 25.4 Å². The maximum atomic E-state index is 12.7. The average Bonchev–Trinajstić information content (AvgIpc) is 3.11. The standard InChI is InChI=1S/C22H28N6O3/c1-14-9-15(2)25-22(24-14)26-17-10-16(3)23-18(11-17)19-12-28(7-8-31-19)21(30)13-27-6-4-5-20(27)29/h9-11,19H,4-8,12-13H2,1-3H3,(H,23,24,25,26). The van der Waals surface area contributed by atoms with Crippen LogP contribution in [0.3, 0.4) is 0 Å². The Morgan fingerprint density at radius 2 is 1.84 bits per heavy atom. The van der Waals surface area contributed by atoms with Crippen molar-refractivity contribution >= 4 is 23.5 Å². The fourth-order valence-electron chi connectivity index (χ4n) is 4.03. The predicted molar refractivity (Wildman–Crippen MR) is 115 cm³/mol. The number of ether oxygens (including phenoxy) is 1. The molecule has 2 amide bonds. The van der Waals surface area contributed by atoms with Gasteiger partial charge in [0.25, 0.3) is 0 Å². The molecule has 2 aromatic heterocycles. The molecule has 4 rings (SSSR count). The number of carbonyl (C=O) groups excluding carboxylic acids is 2. The van der Waals surface area contributed by atoms with Gasteiger partial charge < -0.3 is 19.9 Å². The van der Waals surface area contributed by atoms with Gasteiger partial charge in [-0.2, -0.15) is 0 Å². The Kier molecular flexibility index (Phi) is 6.13. The molecule has 0 saturated carbocycles. The van der Waals surface area contributed by atoms with E-state index in [0.717, 1.165) is 34.9 Å². The van der Waals surface area contributed by atoms with Gasteiger partial charge in [0.2, 0.25) is 17.8 Å². The van der Waals surface area contributed by atoms with Crippen LogP contribution in [0.5, 0.6) is 0 Å². The highest BCUT2D eigenvalue weighted by Crippen LogP contribution is 2.25. The number of aromatic nitrogens is 3. The molecule has 1 N–H and O–H groups in total. The molecular formula is C22H28N6O3. The van der Waals surface area contributed by atoms with Crippen LogP contribution in [0, 0.1) is 20.8 Å². The highest BCUT2D eigenvalue weighted by atomic mass is 16.5. The molecule has 0 radical (unpaired) electrons. The van der Waals surface area contributed by atoms with Gasteiger partial charge >= 0.3 is 0 Å². The van der Waals surface area contributed by atoms with Crippen LogP contribution in [0.25, 0.3) is 0 Å². The Balaban J connectivity index is 1.47. The van der Waals surface area contributed by atoms with Crippen LogP contribution in [0.1, 0.15) is 41.7 Å². The maximum Gasteiger partial charge on any atom is 0.242 e. The number of morpholine rings is 1. The van der Waals surface area contributed by atoms with Crippen molar-refractivity contribution in [2.75, 3.05) is 38.1 Å². The van der Waals surface area contributed by atoms with Crippen molar-refractivity contribution in [2.24, 2.45) is 0 Å². The molecule has 2 fully saturated rings. The number of rotatable bonds is 5. The van der Waals surface area contributed by atoms with E-state index in [-0.39, 0.29) is 24.5 Å². The van der Waals surface area contributed by atoms with E-state index in [1.807, 2.05) is 39.0 Å². The first kappa shape index (κ1) is 21.2. The second-order valence-electron chi connectivity index (χ2n) is 8.14. The molecule has 0 aliphatic carbocycles. The van der Waals surface area contributed by atoms with E-state index in [1.54, 1.807) is 9.80 Å². The molecule has 2 aliphatic rings. The summed E-state index contributed by atoms with van der Waals surface area (Å²) in [5, 5.41) is 3.25. The van der Waals surface area contributed by atoms with E-state index in [0.29, 0.717) is 38.6 Å². The van der Waals surface area contributed by atoms with Gasteiger partial charge in [0, 0.05) is 42.3 Å². The van der Waals surface area contributed by atoms with E-state index in [4.69, 9.17) is 4.74 Å². The van der Waals surface area contributed by atoms with E-state index < -0.39 is 0 Å². The maximum absolute atomic E-state index is 12.7. The molecule has 0 aromatic carbocycles. The minimum Gasteiger partial charge on any atom is -0.368 e. The topological polar surface area (TPSA) is 101 Å². The lowest BCUT2D eigenvalue weighted by Gasteiger charge is -2.34. The summed E-state index contributed by atoms with van der Waals surface area (Å²) in [7, 11) is 0. The number of pyridine rings is 1. The van der Waals surface area contributed by atoms with E-state index in [9.17, 15) is 9.59 Å². The largest absolute Gasteiger partial charge is 0.368 e. The molecule has 4 heterocycles. The van der Waals surface area contributed by atoms with E-state index >= 15 is 0 Å². The molecular weight excluding hydrogens is 396 g/mol. The third-order valence-electron chi connectivity index (χ3n) is 5.46. The van der Waals surface area contributed by atoms with Crippen LogP contribution in [-0.2, 0) is 14.3 Å². The Bertz CT molecular complexity index is 975. The first-order valence-corrected chi connectivity index (χ1v) is 10.6.